The number of rotatable bonds is 3. The molecule has 0 amide bonds. The van der Waals surface area contributed by atoms with E-state index in [4.69, 9.17) is 5.11 Å². The van der Waals surface area contributed by atoms with Crippen molar-refractivity contribution in [1.29, 1.82) is 0 Å². The van der Waals surface area contributed by atoms with Gasteiger partial charge in [-0.05, 0) is 12.8 Å². The lowest BCUT2D eigenvalue weighted by molar-refractivity contribution is -0.143. The third-order valence-corrected chi connectivity index (χ3v) is 2.35. The Morgan fingerprint density at radius 3 is 2.69 bits per heavy atom. The summed E-state index contributed by atoms with van der Waals surface area (Å²) in [5.74, 6) is -0.684. The minimum absolute atomic E-state index is 0. The molecule has 0 bridgehead atoms. The molecule has 13 heavy (non-hydrogen) atoms. The Morgan fingerprint density at radius 1 is 1.62 bits per heavy atom. The van der Waals surface area contributed by atoms with E-state index in [1.54, 1.807) is 18.7 Å². The SMILES string of the molecule is Cl.O=C(O)C1(Cn2ccnc2)CC1. The van der Waals surface area contributed by atoms with Crippen LogP contribution in [0.2, 0.25) is 0 Å². The highest BCUT2D eigenvalue weighted by molar-refractivity contribution is 5.85. The summed E-state index contributed by atoms with van der Waals surface area (Å²) in [6.07, 6.45) is 6.70. The molecule has 0 spiro atoms. The molecular weight excluding hydrogens is 192 g/mol. The van der Waals surface area contributed by atoms with Crippen molar-refractivity contribution in [3.8, 4) is 0 Å². The van der Waals surface area contributed by atoms with Gasteiger partial charge >= 0.3 is 5.97 Å². The van der Waals surface area contributed by atoms with E-state index in [0.717, 1.165) is 12.8 Å². The molecule has 1 aromatic heterocycles. The van der Waals surface area contributed by atoms with Crippen LogP contribution in [0.5, 0.6) is 0 Å². The maximum Gasteiger partial charge on any atom is 0.311 e. The van der Waals surface area contributed by atoms with Crippen molar-refractivity contribution < 1.29 is 9.90 Å². The van der Waals surface area contributed by atoms with E-state index in [-0.39, 0.29) is 12.4 Å². The molecule has 72 valence electrons. The topological polar surface area (TPSA) is 55.1 Å². The molecule has 0 saturated heterocycles. The molecule has 0 aromatic carbocycles. The van der Waals surface area contributed by atoms with E-state index in [2.05, 4.69) is 4.98 Å². The first-order chi connectivity index (χ1) is 5.73. The summed E-state index contributed by atoms with van der Waals surface area (Å²) >= 11 is 0. The number of aliphatic carboxylic acids is 1. The molecule has 1 aliphatic rings. The second-order valence-electron chi connectivity index (χ2n) is 3.32. The number of hydrogen-bond donors (Lipinski definition) is 1. The van der Waals surface area contributed by atoms with Crippen LogP contribution in [0.1, 0.15) is 12.8 Å². The zero-order valence-electron chi connectivity index (χ0n) is 7.01. The standard InChI is InChI=1S/C8H10N2O2.ClH/c11-7(12)8(1-2-8)5-10-4-3-9-6-10;/h3-4,6H,1-2,5H2,(H,11,12);1H. The maximum absolute atomic E-state index is 10.8. The van der Waals surface area contributed by atoms with Crippen LogP contribution in [0.25, 0.3) is 0 Å². The fourth-order valence-electron chi connectivity index (χ4n) is 1.32. The summed E-state index contributed by atoms with van der Waals surface area (Å²) in [6, 6.07) is 0. The number of imidazole rings is 1. The third-order valence-electron chi connectivity index (χ3n) is 2.35. The van der Waals surface area contributed by atoms with Gasteiger partial charge in [-0.15, -0.1) is 12.4 Å². The maximum atomic E-state index is 10.8. The van der Waals surface area contributed by atoms with Gasteiger partial charge in [0.1, 0.15) is 0 Å². The zero-order chi connectivity index (χ0) is 8.60. The van der Waals surface area contributed by atoms with Crippen LogP contribution in [0.3, 0.4) is 0 Å². The fraction of sp³-hybridized carbons (Fsp3) is 0.500. The number of carbonyl (C=O) groups is 1. The van der Waals surface area contributed by atoms with Crippen molar-refractivity contribution in [1.82, 2.24) is 9.55 Å². The molecule has 4 nitrogen and oxygen atoms in total. The molecule has 1 saturated carbocycles. The summed E-state index contributed by atoms with van der Waals surface area (Å²) in [7, 11) is 0. The highest BCUT2D eigenvalue weighted by Crippen LogP contribution is 2.47. The van der Waals surface area contributed by atoms with Gasteiger partial charge in [0, 0.05) is 18.9 Å². The first-order valence-corrected chi connectivity index (χ1v) is 3.92. The van der Waals surface area contributed by atoms with Crippen molar-refractivity contribution >= 4 is 18.4 Å². The Kier molecular flexibility index (Phi) is 2.61. The summed E-state index contributed by atoms with van der Waals surface area (Å²) in [6.45, 7) is 0.558. The van der Waals surface area contributed by atoms with Crippen LogP contribution >= 0.6 is 12.4 Å². The summed E-state index contributed by atoms with van der Waals surface area (Å²) in [5.41, 5.74) is -0.485. The lowest BCUT2D eigenvalue weighted by Gasteiger charge is -2.09. The van der Waals surface area contributed by atoms with Crippen LogP contribution in [0.15, 0.2) is 18.7 Å². The number of aromatic nitrogens is 2. The second-order valence-corrected chi connectivity index (χ2v) is 3.32. The zero-order valence-corrected chi connectivity index (χ0v) is 7.83. The Morgan fingerprint density at radius 2 is 2.31 bits per heavy atom. The van der Waals surface area contributed by atoms with Gasteiger partial charge in [-0.1, -0.05) is 0 Å². The van der Waals surface area contributed by atoms with Crippen molar-refractivity contribution in [2.24, 2.45) is 5.41 Å². The van der Waals surface area contributed by atoms with Gasteiger partial charge < -0.3 is 9.67 Å². The lowest BCUT2D eigenvalue weighted by Crippen LogP contribution is -2.20. The lowest BCUT2D eigenvalue weighted by atomic mass is 10.1. The highest BCUT2D eigenvalue weighted by atomic mass is 35.5. The van der Waals surface area contributed by atoms with Gasteiger partial charge in [-0.2, -0.15) is 0 Å². The number of nitrogens with zero attached hydrogens (tertiary/aromatic N) is 2. The van der Waals surface area contributed by atoms with Crippen molar-refractivity contribution in [2.75, 3.05) is 0 Å². The van der Waals surface area contributed by atoms with E-state index in [0.29, 0.717) is 6.54 Å². The fourth-order valence-corrected chi connectivity index (χ4v) is 1.32. The molecule has 5 heteroatoms. The Hall–Kier alpha value is -1.03. The molecule has 1 aromatic rings. The second kappa shape index (κ2) is 3.38. The molecule has 1 fully saturated rings. The highest BCUT2D eigenvalue weighted by Gasteiger charge is 2.50. The van der Waals surface area contributed by atoms with Gasteiger partial charge in [0.05, 0.1) is 11.7 Å². The van der Waals surface area contributed by atoms with Crippen molar-refractivity contribution in [3.05, 3.63) is 18.7 Å². The molecule has 1 N–H and O–H groups in total. The largest absolute Gasteiger partial charge is 0.481 e. The normalized spacial score (nSPS) is 17.5. The van der Waals surface area contributed by atoms with Gasteiger partial charge in [-0.25, -0.2) is 4.98 Å². The van der Waals surface area contributed by atoms with Gasteiger partial charge in [0.25, 0.3) is 0 Å². The molecule has 1 heterocycles. The van der Waals surface area contributed by atoms with Crippen LogP contribution in [0, 0.1) is 5.41 Å². The van der Waals surface area contributed by atoms with Gasteiger partial charge in [-0.3, -0.25) is 4.79 Å². The minimum Gasteiger partial charge on any atom is -0.481 e. The quantitative estimate of drug-likeness (QED) is 0.801. The molecule has 2 rings (SSSR count). The van der Waals surface area contributed by atoms with Crippen LogP contribution < -0.4 is 0 Å². The molecule has 0 radical (unpaired) electrons. The van der Waals surface area contributed by atoms with Crippen LogP contribution in [-0.2, 0) is 11.3 Å². The number of hydrogen-bond acceptors (Lipinski definition) is 2. The van der Waals surface area contributed by atoms with E-state index in [1.165, 1.54) is 0 Å². The number of carboxylic acid groups (broad SMARTS) is 1. The van der Waals surface area contributed by atoms with E-state index in [9.17, 15) is 4.79 Å². The molecule has 0 unspecified atom stereocenters. The summed E-state index contributed by atoms with van der Waals surface area (Å²) in [4.78, 5) is 14.6. The Bertz CT molecular complexity index is 293. The Labute approximate surface area is 82.0 Å². The van der Waals surface area contributed by atoms with E-state index in [1.807, 2.05) is 4.57 Å². The molecular formula is C8H11ClN2O2. The Balaban J connectivity index is 0.000000845. The summed E-state index contributed by atoms with van der Waals surface area (Å²) < 4.78 is 1.82. The number of carboxylic acids is 1. The van der Waals surface area contributed by atoms with E-state index >= 15 is 0 Å². The number of halogens is 1. The first kappa shape index (κ1) is 10.1. The van der Waals surface area contributed by atoms with E-state index < -0.39 is 11.4 Å². The minimum atomic E-state index is -0.684. The average Bonchev–Trinajstić information content (AvgIpc) is 2.60. The van der Waals surface area contributed by atoms with Crippen molar-refractivity contribution in [3.63, 3.8) is 0 Å². The predicted octanol–water partition coefficient (Wildman–Crippen LogP) is 1.17. The predicted molar refractivity (Wildman–Crippen MR) is 48.8 cm³/mol. The molecule has 1 aliphatic carbocycles. The first-order valence-electron chi connectivity index (χ1n) is 3.92. The monoisotopic (exact) mass is 202 g/mol. The van der Waals surface area contributed by atoms with Crippen molar-refractivity contribution in [2.45, 2.75) is 19.4 Å². The van der Waals surface area contributed by atoms with Gasteiger partial charge in [0.15, 0.2) is 0 Å². The average molecular weight is 203 g/mol. The van der Waals surface area contributed by atoms with Gasteiger partial charge in [0.2, 0.25) is 0 Å². The smallest absolute Gasteiger partial charge is 0.311 e. The third kappa shape index (κ3) is 1.83. The van der Waals surface area contributed by atoms with Crippen LogP contribution in [0.4, 0.5) is 0 Å². The summed E-state index contributed by atoms with van der Waals surface area (Å²) in [5, 5.41) is 8.87. The van der Waals surface area contributed by atoms with Crippen LogP contribution in [-0.4, -0.2) is 20.6 Å². The molecule has 0 atom stereocenters. The molecule has 0 aliphatic heterocycles.